The van der Waals surface area contributed by atoms with E-state index in [0.717, 1.165) is 72.5 Å². The van der Waals surface area contributed by atoms with Gasteiger partial charge in [0.25, 0.3) is 0 Å². The number of aromatic nitrogens is 3. The minimum absolute atomic E-state index is 0.261. The molecule has 0 aliphatic heterocycles. The number of thiazole rings is 1. The first-order valence-electron chi connectivity index (χ1n) is 34.3. The maximum Gasteiger partial charge on any atom is 0.159 e. The number of ether oxygens (including phenoxy) is 2. The fraction of sp³-hybridized carbons (Fsp3) is 0.278. The lowest BCUT2D eigenvalue weighted by Gasteiger charge is -2.09. The Hall–Kier alpha value is -7.50. The molecule has 3 aromatic heterocycles. The summed E-state index contributed by atoms with van der Waals surface area (Å²) in [5, 5.41) is 10.5. The van der Waals surface area contributed by atoms with Gasteiger partial charge in [0.15, 0.2) is 11.6 Å². The molecule has 0 atom stereocenters. The van der Waals surface area contributed by atoms with Crippen molar-refractivity contribution in [2.75, 3.05) is 7.11 Å². The summed E-state index contributed by atoms with van der Waals surface area (Å²) in [6, 6.07) is 66.5. The van der Waals surface area contributed by atoms with Crippen LogP contribution in [-0.4, -0.2) is 33.3 Å². The van der Waals surface area contributed by atoms with Gasteiger partial charge in [-0.05, 0) is 325 Å². The van der Waals surface area contributed by atoms with Crippen molar-refractivity contribution in [3.8, 4) is 17.2 Å². The summed E-state index contributed by atoms with van der Waals surface area (Å²) in [4.78, 5) is 12.8. The van der Waals surface area contributed by atoms with Crippen LogP contribution in [0.2, 0.25) is 10.0 Å². The van der Waals surface area contributed by atoms with Crippen molar-refractivity contribution < 1.29 is 27.8 Å². The smallest absolute Gasteiger partial charge is 0.159 e. The molecule has 0 unspecified atom stereocenters. The molecule has 0 saturated heterocycles. The third kappa shape index (κ3) is 49.1. The maximum absolute atomic E-state index is 12.2. The molecular weight excluding hydrogens is 1610 g/mol. The van der Waals surface area contributed by atoms with Gasteiger partial charge in [-0.15, -0.1) is 11.3 Å². The summed E-state index contributed by atoms with van der Waals surface area (Å²) in [5.74, 6) is 4.26. The van der Waals surface area contributed by atoms with Gasteiger partial charge in [-0.25, -0.2) is 18.7 Å². The van der Waals surface area contributed by atoms with Gasteiger partial charge in [-0.1, -0.05) is 189 Å². The van der Waals surface area contributed by atoms with Crippen LogP contribution in [0.25, 0.3) is 0 Å². The molecule has 105 heavy (non-hydrogen) atoms. The van der Waals surface area contributed by atoms with E-state index in [4.69, 9.17) is 42.2 Å². The molecular formula is C90H108Br2Cl2F2IN3O4S. The molecule has 12 aromatic rings. The van der Waals surface area contributed by atoms with Crippen molar-refractivity contribution in [1.29, 1.82) is 0 Å². The number of halogens is 7. The van der Waals surface area contributed by atoms with Crippen molar-refractivity contribution in [1.82, 2.24) is 15.0 Å². The Balaban J connectivity index is 0.000000575. The Bertz CT molecular complexity index is 4070. The highest BCUT2D eigenvalue weighted by Gasteiger charge is 2.01. The molecule has 3 heterocycles. The molecule has 0 amide bonds. The Labute approximate surface area is 672 Å². The van der Waals surface area contributed by atoms with Gasteiger partial charge in [-0.3, -0.25) is 4.98 Å². The highest BCUT2D eigenvalue weighted by molar-refractivity contribution is 14.1. The molecule has 12 rings (SSSR count). The largest absolute Gasteiger partial charge is 0.508 e. The standard InChI is InChI=1S/C12H18.C10H14O.C9H12O.C9H12.C7H7BrO.C7H7Br.C7H6Cl2.C7H6F2.C7H7I.C6H8O.C5H6N2.C4H5NS/c1-10(2)4-7-12-8-5-11(3)6-9-12;1-8(2)11-10-6-4-5-9(3)7-10;1-7-4-5-9(10-3)6-8(7)2;1-7-4-5-8(2)9(3)6-7;1-5-2-3-6(8)4-7(5)9;1-6-2-4-7(8)5-3-6;1-5-2-6(8)4-7(9)3-5;1-5-2-3-6(8)7(9)4-5;1-6-4-2-3-5-7(6)8;1-5-3-4-6(2)7-5;1-5-6-3-2-4-7-5;1-4-2-5-3-6-4/h5-6,8-10H,4,7H2,1-3H3;4-8H,1-3H3;4-6H,1-3H3;4-6H,1-3H3;2-4,9H,1H3;2-5H,1H3;2*2-4H,1H3;2-5H,1H3;3-4H,1-2H3;2-4H,1H3;2-3H,1H3. The normalized spacial score (nSPS) is 9.62. The topological polar surface area (TPSA) is 90.5 Å². The van der Waals surface area contributed by atoms with Gasteiger partial charge in [0.2, 0.25) is 0 Å². The Morgan fingerprint density at radius 3 is 1.37 bits per heavy atom. The second-order valence-electron chi connectivity index (χ2n) is 25.3. The molecule has 562 valence electrons. The van der Waals surface area contributed by atoms with Crippen LogP contribution < -0.4 is 9.47 Å². The van der Waals surface area contributed by atoms with E-state index in [9.17, 15) is 8.78 Å². The maximum atomic E-state index is 12.2. The van der Waals surface area contributed by atoms with E-state index in [-0.39, 0.29) is 6.10 Å². The molecule has 7 nitrogen and oxygen atoms in total. The summed E-state index contributed by atoms with van der Waals surface area (Å²) >= 11 is 21.9. The monoisotopic (exact) mass is 1720 g/mol. The zero-order valence-electron chi connectivity index (χ0n) is 65.1. The quantitative estimate of drug-likeness (QED) is 0.166. The molecule has 0 aliphatic carbocycles. The number of benzene rings is 9. The van der Waals surface area contributed by atoms with Crippen LogP contribution in [0.3, 0.4) is 0 Å². The molecule has 0 saturated carbocycles. The Kier molecular flexibility index (Phi) is 50.0. The number of rotatable bonds is 6. The van der Waals surface area contributed by atoms with Crippen molar-refractivity contribution in [2.24, 2.45) is 5.92 Å². The second kappa shape index (κ2) is 55.0. The predicted octanol–water partition coefficient (Wildman–Crippen LogP) is 28.8. The first-order chi connectivity index (χ1) is 49.5. The number of phenolic OH excluding ortho intramolecular Hbond substituents is 1. The van der Waals surface area contributed by atoms with Crippen molar-refractivity contribution in [3.63, 3.8) is 0 Å². The molecule has 15 heteroatoms. The van der Waals surface area contributed by atoms with Crippen molar-refractivity contribution in [2.45, 2.75) is 157 Å². The van der Waals surface area contributed by atoms with Crippen LogP contribution >= 0.6 is 89.0 Å². The lowest BCUT2D eigenvalue weighted by atomic mass is 10.0. The van der Waals surface area contributed by atoms with Crippen LogP contribution in [0.5, 0.6) is 17.2 Å². The molecule has 9 aromatic carbocycles. The number of phenols is 1. The van der Waals surface area contributed by atoms with E-state index in [0.29, 0.717) is 15.8 Å². The minimum Gasteiger partial charge on any atom is -0.508 e. The van der Waals surface area contributed by atoms with E-state index in [1.165, 1.54) is 83.0 Å². The highest BCUT2D eigenvalue weighted by atomic mass is 127. The summed E-state index contributed by atoms with van der Waals surface area (Å²) in [6.45, 7) is 40.9. The summed E-state index contributed by atoms with van der Waals surface area (Å²) < 4.78 is 43.3. The Morgan fingerprint density at radius 2 is 0.990 bits per heavy atom. The fourth-order valence-electron chi connectivity index (χ4n) is 8.07. The summed E-state index contributed by atoms with van der Waals surface area (Å²) in [7, 11) is 1.68. The number of nitrogens with zero attached hydrogens (tertiary/aromatic N) is 3. The lowest BCUT2D eigenvalue weighted by molar-refractivity contribution is 0.242. The number of hydrogen-bond acceptors (Lipinski definition) is 8. The van der Waals surface area contributed by atoms with Crippen LogP contribution in [0.1, 0.15) is 129 Å². The van der Waals surface area contributed by atoms with E-state index >= 15 is 0 Å². The zero-order valence-corrected chi connectivity index (χ0v) is 72.7. The third-order valence-corrected chi connectivity index (χ3v) is 17.7. The third-order valence-electron chi connectivity index (χ3n) is 14.3. The van der Waals surface area contributed by atoms with Crippen LogP contribution in [0.15, 0.2) is 244 Å². The molecule has 0 radical (unpaired) electrons. The number of aryl methyl sites for hydroxylation is 17. The number of aromatic hydroxyl groups is 1. The molecule has 1 N–H and O–H groups in total. The Morgan fingerprint density at radius 1 is 0.476 bits per heavy atom. The van der Waals surface area contributed by atoms with Gasteiger partial charge in [-0.2, -0.15) is 0 Å². The summed E-state index contributed by atoms with van der Waals surface area (Å²) in [5.41, 5.74) is 17.9. The van der Waals surface area contributed by atoms with E-state index in [1.807, 2.05) is 146 Å². The zero-order chi connectivity index (χ0) is 79.0. The van der Waals surface area contributed by atoms with Crippen LogP contribution in [-0.2, 0) is 6.42 Å². The molecule has 0 spiro atoms. The van der Waals surface area contributed by atoms with Crippen molar-refractivity contribution in [3.05, 3.63) is 359 Å². The first kappa shape index (κ1) is 95.5. The van der Waals surface area contributed by atoms with Crippen LogP contribution in [0.4, 0.5) is 8.78 Å². The number of furan rings is 1. The average Bonchev–Trinajstić information content (AvgIpc) is 1.91. The van der Waals surface area contributed by atoms with Gasteiger partial charge < -0.3 is 19.0 Å². The highest BCUT2D eigenvalue weighted by Crippen LogP contribution is 2.22. The first-order valence-corrected chi connectivity index (χ1v) is 38.6. The fourth-order valence-corrected chi connectivity index (χ4v) is 10.1. The van der Waals surface area contributed by atoms with Gasteiger partial charge in [0, 0.05) is 46.0 Å². The molecule has 0 bridgehead atoms. The predicted molar refractivity (Wildman–Crippen MR) is 462 cm³/mol. The minimum atomic E-state index is -0.791. The van der Waals surface area contributed by atoms with Gasteiger partial charge >= 0.3 is 0 Å². The molecule has 0 fully saturated rings. The molecule has 0 aliphatic rings. The van der Waals surface area contributed by atoms with Gasteiger partial charge in [0.05, 0.1) is 18.7 Å². The number of methoxy groups -OCH3 is 1. The average molecular weight is 1720 g/mol. The van der Waals surface area contributed by atoms with E-state index in [1.54, 1.807) is 56.0 Å². The van der Waals surface area contributed by atoms with Crippen molar-refractivity contribution >= 4 is 89.0 Å². The second-order valence-corrected chi connectivity index (χ2v) is 30.3. The summed E-state index contributed by atoms with van der Waals surface area (Å²) in [6.07, 6.45) is 8.08. The van der Waals surface area contributed by atoms with Gasteiger partial charge in [0.1, 0.15) is 34.6 Å². The number of hydrogen-bond donors (Lipinski definition) is 1. The van der Waals surface area contributed by atoms with E-state index in [2.05, 4.69) is 237 Å². The SMILES string of the molecule is COc1ccc(C)c(C)c1.Cc1cc(Cl)cc(Cl)c1.Cc1ccc(Br)cc1.Cc1ccc(Br)cc1O.Cc1ccc(C)c(C)c1.Cc1ccc(C)o1.Cc1ccc(CCC(C)C)cc1.Cc1ccc(F)c(F)c1.Cc1cccc(OC(C)C)c1.Cc1ccccc1I.Cc1cncs1.Cc1ncccn1. The van der Waals surface area contributed by atoms with E-state index < -0.39 is 11.6 Å². The van der Waals surface area contributed by atoms with Crippen LogP contribution in [0, 0.1) is 132 Å². The lowest BCUT2D eigenvalue weighted by Crippen LogP contribution is -2.05.